The highest BCUT2D eigenvalue weighted by molar-refractivity contribution is 7.89. The number of esters is 1. The highest BCUT2D eigenvalue weighted by atomic mass is 32.2. The van der Waals surface area contributed by atoms with E-state index >= 15 is 0 Å². The molecule has 0 heterocycles. The number of aliphatic hydroxyl groups excluding tert-OH is 1. The molecule has 0 spiro atoms. The van der Waals surface area contributed by atoms with E-state index < -0.39 is 47.7 Å². The molecule has 3 N–H and O–H groups in total. The van der Waals surface area contributed by atoms with Crippen LogP contribution < -0.4 is 10.0 Å². The van der Waals surface area contributed by atoms with Crippen molar-refractivity contribution in [3.63, 3.8) is 0 Å². The number of hydrogen-bond donors (Lipinski definition) is 3. The molecule has 1 aromatic carbocycles. The van der Waals surface area contributed by atoms with E-state index in [9.17, 15) is 23.1 Å². The Labute approximate surface area is 191 Å². The minimum atomic E-state index is -3.83. The molecule has 0 saturated carbocycles. The van der Waals surface area contributed by atoms with Gasteiger partial charge in [-0.15, -0.1) is 0 Å². The first kappa shape index (κ1) is 28.2. The smallest absolute Gasteiger partial charge is 0.331 e. The fraction of sp³-hybridized carbons (Fsp3) is 0.619. The molecular formula is C21H36N2O7SSi. The Morgan fingerprint density at radius 2 is 1.78 bits per heavy atom. The van der Waals surface area contributed by atoms with E-state index in [1.807, 2.05) is 30.3 Å². The maximum atomic E-state index is 13.1. The number of rotatable bonds is 13. The van der Waals surface area contributed by atoms with Crippen molar-refractivity contribution in [2.45, 2.75) is 63.8 Å². The van der Waals surface area contributed by atoms with Gasteiger partial charge in [0, 0.05) is 8.07 Å². The SMILES string of the molecule is COC(=O)[C@H](NC(=O)[C@](C)(COCc1ccccc1)NS(=O)(=O)CC[Si](C)(C)C)C(C)O. The summed E-state index contributed by atoms with van der Waals surface area (Å²) in [5.41, 5.74) is -0.859. The summed E-state index contributed by atoms with van der Waals surface area (Å²) in [6.07, 6.45) is -1.25. The summed E-state index contributed by atoms with van der Waals surface area (Å²) in [6.45, 7) is 8.76. The van der Waals surface area contributed by atoms with Crippen LogP contribution in [-0.2, 0) is 35.7 Å². The molecule has 182 valence electrons. The zero-order chi connectivity index (χ0) is 24.6. The monoisotopic (exact) mass is 488 g/mol. The Morgan fingerprint density at radius 1 is 1.19 bits per heavy atom. The van der Waals surface area contributed by atoms with Gasteiger partial charge in [0.2, 0.25) is 15.9 Å². The first-order valence-corrected chi connectivity index (χ1v) is 15.8. The number of aliphatic hydroxyl groups is 1. The molecule has 0 saturated heterocycles. The predicted molar refractivity (Wildman–Crippen MR) is 125 cm³/mol. The van der Waals surface area contributed by atoms with Gasteiger partial charge in [-0.25, -0.2) is 13.2 Å². The molecule has 0 aliphatic rings. The molecule has 0 fully saturated rings. The Bertz CT molecular complexity index is 857. The van der Waals surface area contributed by atoms with Gasteiger partial charge >= 0.3 is 5.97 Å². The zero-order valence-corrected chi connectivity index (χ0v) is 21.5. The summed E-state index contributed by atoms with van der Waals surface area (Å²) in [5, 5.41) is 12.3. The second-order valence-corrected chi connectivity index (χ2v) is 16.7. The Balaban J connectivity index is 3.06. The van der Waals surface area contributed by atoms with Crippen molar-refractivity contribution in [2.75, 3.05) is 19.5 Å². The molecule has 1 amide bonds. The number of sulfonamides is 1. The van der Waals surface area contributed by atoms with Crippen LogP contribution in [0.4, 0.5) is 0 Å². The number of nitrogens with one attached hydrogen (secondary N) is 2. The number of ether oxygens (including phenoxy) is 2. The Morgan fingerprint density at radius 3 is 2.28 bits per heavy atom. The molecule has 0 aromatic heterocycles. The van der Waals surface area contributed by atoms with E-state index in [2.05, 4.69) is 34.4 Å². The van der Waals surface area contributed by atoms with Gasteiger partial charge in [-0.1, -0.05) is 50.0 Å². The second kappa shape index (κ2) is 11.9. The van der Waals surface area contributed by atoms with Crippen LogP contribution in [0.15, 0.2) is 30.3 Å². The number of carbonyl (C=O) groups is 2. The summed E-state index contributed by atoms with van der Waals surface area (Å²) in [6, 6.07) is 8.39. The van der Waals surface area contributed by atoms with E-state index in [1.54, 1.807) is 0 Å². The average Bonchev–Trinajstić information content (AvgIpc) is 2.69. The third-order valence-corrected chi connectivity index (χ3v) is 8.34. The fourth-order valence-corrected chi connectivity index (χ4v) is 7.19. The van der Waals surface area contributed by atoms with Crippen LogP contribution in [0, 0.1) is 0 Å². The molecule has 1 aromatic rings. The predicted octanol–water partition coefficient (Wildman–Crippen LogP) is 1.26. The molecular weight excluding hydrogens is 452 g/mol. The van der Waals surface area contributed by atoms with Crippen LogP contribution in [0.1, 0.15) is 19.4 Å². The molecule has 0 aliphatic carbocycles. The van der Waals surface area contributed by atoms with Gasteiger partial charge < -0.3 is 19.9 Å². The van der Waals surface area contributed by atoms with Crippen molar-refractivity contribution in [1.29, 1.82) is 0 Å². The van der Waals surface area contributed by atoms with Crippen LogP contribution in [0.2, 0.25) is 25.7 Å². The highest BCUT2D eigenvalue weighted by Gasteiger charge is 2.41. The van der Waals surface area contributed by atoms with Crippen LogP contribution in [-0.4, -0.2) is 70.6 Å². The van der Waals surface area contributed by atoms with E-state index in [0.717, 1.165) is 12.7 Å². The van der Waals surface area contributed by atoms with Gasteiger partial charge in [-0.3, -0.25) is 4.79 Å². The molecule has 0 aliphatic heterocycles. The van der Waals surface area contributed by atoms with Crippen LogP contribution in [0.3, 0.4) is 0 Å². The first-order valence-electron chi connectivity index (χ1n) is 10.4. The van der Waals surface area contributed by atoms with Crippen molar-refractivity contribution in [1.82, 2.24) is 10.0 Å². The first-order chi connectivity index (χ1) is 14.7. The number of carbonyl (C=O) groups excluding carboxylic acids is 2. The largest absolute Gasteiger partial charge is 0.467 e. The van der Waals surface area contributed by atoms with Crippen molar-refractivity contribution in [2.24, 2.45) is 0 Å². The quantitative estimate of drug-likeness (QED) is 0.281. The third kappa shape index (κ3) is 9.78. The molecule has 9 nitrogen and oxygen atoms in total. The van der Waals surface area contributed by atoms with Gasteiger partial charge in [-0.05, 0) is 25.5 Å². The summed E-state index contributed by atoms with van der Waals surface area (Å²) >= 11 is 0. The van der Waals surface area contributed by atoms with Crippen LogP contribution in [0.25, 0.3) is 0 Å². The lowest BCUT2D eigenvalue weighted by atomic mass is 10.0. The maximum absolute atomic E-state index is 13.1. The summed E-state index contributed by atoms with van der Waals surface area (Å²) in [7, 11) is -4.34. The second-order valence-electron chi connectivity index (χ2n) is 9.26. The Hall–Kier alpha value is -1.79. The van der Waals surface area contributed by atoms with E-state index in [0.29, 0.717) is 6.04 Å². The standard InChI is InChI=1S/C21H36N2O7SSi/c1-16(24)18(19(25)29-3)22-20(26)21(2,15-30-14-17-10-8-7-9-11-17)23-31(27,28)12-13-32(4,5)6/h7-11,16,18,23-24H,12-15H2,1-6H3,(H,22,26)/t16?,18-,21+/m1/s1. The van der Waals surface area contributed by atoms with Crippen molar-refractivity contribution < 1.29 is 32.6 Å². The molecule has 0 radical (unpaired) electrons. The average molecular weight is 489 g/mol. The van der Waals surface area contributed by atoms with E-state index in [-0.39, 0.29) is 19.0 Å². The Kier molecular flexibility index (Phi) is 10.5. The molecule has 1 unspecified atom stereocenters. The number of hydrogen-bond acceptors (Lipinski definition) is 7. The fourth-order valence-electron chi connectivity index (χ4n) is 2.73. The minimum Gasteiger partial charge on any atom is -0.467 e. The van der Waals surface area contributed by atoms with E-state index in [1.165, 1.54) is 13.8 Å². The summed E-state index contributed by atoms with van der Waals surface area (Å²) in [5.74, 6) is -1.78. The zero-order valence-electron chi connectivity index (χ0n) is 19.7. The molecule has 3 atom stereocenters. The molecule has 11 heteroatoms. The van der Waals surface area contributed by atoms with E-state index in [4.69, 9.17) is 4.74 Å². The molecule has 1 rings (SSSR count). The third-order valence-electron chi connectivity index (χ3n) is 4.73. The van der Waals surface area contributed by atoms with Crippen molar-refractivity contribution in [3.05, 3.63) is 35.9 Å². The number of amides is 1. The van der Waals surface area contributed by atoms with Crippen molar-refractivity contribution in [3.8, 4) is 0 Å². The minimum absolute atomic E-state index is 0.124. The van der Waals surface area contributed by atoms with Gasteiger partial charge in [-0.2, -0.15) is 4.72 Å². The van der Waals surface area contributed by atoms with Gasteiger partial charge in [0.05, 0.1) is 32.2 Å². The van der Waals surface area contributed by atoms with Gasteiger partial charge in [0.1, 0.15) is 5.54 Å². The highest BCUT2D eigenvalue weighted by Crippen LogP contribution is 2.15. The lowest BCUT2D eigenvalue weighted by Crippen LogP contribution is -2.63. The molecule has 0 bridgehead atoms. The van der Waals surface area contributed by atoms with Gasteiger partial charge in [0.15, 0.2) is 6.04 Å². The normalized spacial score (nSPS) is 16.0. The lowest BCUT2D eigenvalue weighted by molar-refractivity contribution is -0.149. The number of methoxy groups -OCH3 is 1. The maximum Gasteiger partial charge on any atom is 0.331 e. The lowest BCUT2D eigenvalue weighted by Gasteiger charge is -2.31. The van der Waals surface area contributed by atoms with Crippen LogP contribution in [0.5, 0.6) is 0 Å². The summed E-state index contributed by atoms with van der Waals surface area (Å²) < 4.78 is 38.3. The topological polar surface area (TPSA) is 131 Å². The summed E-state index contributed by atoms with van der Waals surface area (Å²) in [4.78, 5) is 25.0. The molecule has 32 heavy (non-hydrogen) atoms. The van der Waals surface area contributed by atoms with Crippen LogP contribution >= 0.6 is 0 Å². The van der Waals surface area contributed by atoms with Gasteiger partial charge in [0.25, 0.3) is 0 Å². The number of benzene rings is 1. The van der Waals surface area contributed by atoms with Crippen molar-refractivity contribution >= 4 is 30.0 Å².